The fourth-order valence-corrected chi connectivity index (χ4v) is 2.30. The van der Waals surface area contributed by atoms with E-state index in [1.54, 1.807) is 14.0 Å². The Bertz CT molecular complexity index is 746. The van der Waals surface area contributed by atoms with Gasteiger partial charge in [-0.1, -0.05) is 12.1 Å². The number of nitrogens with zero attached hydrogens (tertiary/aromatic N) is 1. The van der Waals surface area contributed by atoms with Gasteiger partial charge in [-0.3, -0.25) is 9.59 Å². The van der Waals surface area contributed by atoms with Crippen LogP contribution in [-0.2, 0) is 17.6 Å². The highest BCUT2D eigenvalue weighted by atomic mass is 35.5. The maximum atomic E-state index is 12.0. The molecule has 0 aliphatic heterocycles. The van der Waals surface area contributed by atoms with Crippen LogP contribution >= 0.6 is 12.4 Å². The summed E-state index contributed by atoms with van der Waals surface area (Å²) >= 11 is 0. The molecule has 136 valence electrons. The SMILES string of the molecule is COc1ccc(C[C@H](N)C(=O)NCCc2nc(C)cc(=O)[nH]2)cc1.Cl. The van der Waals surface area contributed by atoms with E-state index in [1.807, 2.05) is 24.3 Å². The minimum atomic E-state index is -0.636. The molecule has 0 unspecified atom stereocenters. The van der Waals surface area contributed by atoms with Gasteiger partial charge < -0.3 is 20.8 Å². The average molecular weight is 367 g/mol. The number of hydrogen-bond acceptors (Lipinski definition) is 5. The molecular formula is C17H23ClN4O3. The van der Waals surface area contributed by atoms with Crippen molar-refractivity contribution in [3.8, 4) is 5.75 Å². The summed E-state index contributed by atoms with van der Waals surface area (Å²) in [6.45, 7) is 2.11. The van der Waals surface area contributed by atoms with Crippen molar-refractivity contribution < 1.29 is 9.53 Å². The zero-order valence-corrected chi connectivity index (χ0v) is 15.1. The smallest absolute Gasteiger partial charge is 0.251 e. The number of amides is 1. The zero-order valence-electron chi connectivity index (χ0n) is 14.2. The highest BCUT2D eigenvalue weighted by Gasteiger charge is 2.13. The summed E-state index contributed by atoms with van der Waals surface area (Å²) in [5.74, 6) is 1.07. The Labute approximate surface area is 152 Å². The van der Waals surface area contributed by atoms with Crippen LogP contribution in [0.2, 0.25) is 0 Å². The Balaban J connectivity index is 0.00000312. The van der Waals surface area contributed by atoms with Crippen LogP contribution in [0.3, 0.4) is 0 Å². The molecule has 0 aliphatic rings. The summed E-state index contributed by atoms with van der Waals surface area (Å²) in [6, 6.07) is 8.22. The number of ether oxygens (including phenoxy) is 1. The molecule has 0 fully saturated rings. The number of nitrogens with two attached hydrogens (primary N) is 1. The van der Waals surface area contributed by atoms with Gasteiger partial charge in [-0.05, 0) is 31.0 Å². The van der Waals surface area contributed by atoms with Gasteiger partial charge in [0.15, 0.2) is 0 Å². The second-order valence-corrected chi connectivity index (χ2v) is 5.53. The highest BCUT2D eigenvalue weighted by molar-refractivity contribution is 5.85. The van der Waals surface area contributed by atoms with Gasteiger partial charge in [-0.25, -0.2) is 4.98 Å². The number of carbonyl (C=O) groups is 1. The molecule has 0 bridgehead atoms. The topological polar surface area (TPSA) is 110 Å². The van der Waals surface area contributed by atoms with Gasteiger partial charge in [0.2, 0.25) is 5.91 Å². The van der Waals surface area contributed by atoms with E-state index in [-0.39, 0.29) is 23.9 Å². The number of hydrogen-bond donors (Lipinski definition) is 3. The first kappa shape index (κ1) is 20.7. The summed E-state index contributed by atoms with van der Waals surface area (Å²) in [4.78, 5) is 30.2. The Morgan fingerprint density at radius 2 is 2.04 bits per heavy atom. The van der Waals surface area contributed by atoms with Crippen molar-refractivity contribution in [1.82, 2.24) is 15.3 Å². The highest BCUT2D eigenvalue weighted by Crippen LogP contribution is 2.12. The lowest BCUT2D eigenvalue weighted by molar-refractivity contribution is -0.122. The van der Waals surface area contributed by atoms with Crippen molar-refractivity contribution in [3.63, 3.8) is 0 Å². The molecule has 7 nitrogen and oxygen atoms in total. The fourth-order valence-electron chi connectivity index (χ4n) is 2.30. The number of nitrogens with one attached hydrogen (secondary N) is 2. The van der Waals surface area contributed by atoms with E-state index >= 15 is 0 Å². The number of H-pyrrole nitrogens is 1. The average Bonchev–Trinajstić information content (AvgIpc) is 2.54. The number of aryl methyl sites for hydroxylation is 1. The van der Waals surface area contributed by atoms with E-state index in [1.165, 1.54) is 6.07 Å². The van der Waals surface area contributed by atoms with Crippen LogP contribution < -0.4 is 21.3 Å². The summed E-state index contributed by atoms with van der Waals surface area (Å²) in [5, 5.41) is 2.76. The monoisotopic (exact) mass is 366 g/mol. The number of aromatic amines is 1. The maximum absolute atomic E-state index is 12.0. The third kappa shape index (κ3) is 6.56. The van der Waals surface area contributed by atoms with E-state index in [9.17, 15) is 9.59 Å². The van der Waals surface area contributed by atoms with Crippen LogP contribution in [0.5, 0.6) is 5.75 Å². The molecule has 1 heterocycles. The van der Waals surface area contributed by atoms with Gasteiger partial charge in [0.05, 0.1) is 13.2 Å². The minimum Gasteiger partial charge on any atom is -0.497 e. The molecule has 0 aliphatic carbocycles. The first-order valence-electron chi connectivity index (χ1n) is 7.71. The molecule has 0 saturated heterocycles. The van der Waals surface area contributed by atoms with Crippen molar-refractivity contribution in [2.24, 2.45) is 5.73 Å². The van der Waals surface area contributed by atoms with Crippen LogP contribution in [0.15, 0.2) is 35.1 Å². The molecule has 1 aromatic heterocycles. The van der Waals surface area contributed by atoms with Crippen molar-refractivity contribution in [2.45, 2.75) is 25.8 Å². The van der Waals surface area contributed by atoms with E-state index in [4.69, 9.17) is 10.5 Å². The van der Waals surface area contributed by atoms with Gasteiger partial charge in [0.25, 0.3) is 5.56 Å². The van der Waals surface area contributed by atoms with Gasteiger partial charge in [-0.15, -0.1) is 12.4 Å². The molecular weight excluding hydrogens is 344 g/mol. The van der Waals surface area contributed by atoms with Crippen LogP contribution in [0.25, 0.3) is 0 Å². The number of halogens is 1. The molecule has 8 heteroatoms. The summed E-state index contributed by atoms with van der Waals surface area (Å²) in [5.41, 5.74) is 7.35. The fraction of sp³-hybridized carbons (Fsp3) is 0.353. The zero-order chi connectivity index (χ0) is 17.5. The summed E-state index contributed by atoms with van der Waals surface area (Å²) in [6.07, 6.45) is 0.882. The lowest BCUT2D eigenvalue weighted by Crippen LogP contribution is -2.42. The van der Waals surface area contributed by atoms with E-state index < -0.39 is 6.04 Å². The van der Waals surface area contributed by atoms with Crippen molar-refractivity contribution in [3.05, 3.63) is 57.8 Å². The second-order valence-electron chi connectivity index (χ2n) is 5.53. The van der Waals surface area contributed by atoms with Crippen molar-refractivity contribution in [2.75, 3.05) is 13.7 Å². The summed E-state index contributed by atoms with van der Waals surface area (Å²) < 4.78 is 5.09. The molecule has 1 atom stereocenters. The predicted octanol–water partition coefficient (Wildman–Crippen LogP) is 0.737. The molecule has 0 radical (unpaired) electrons. The third-order valence-corrected chi connectivity index (χ3v) is 3.53. The lowest BCUT2D eigenvalue weighted by atomic mass is 10.1. The maximum Gasteiger partial charge on any atom is 0.251 e. The van der Waals surface area contributed by atoms with E-state index in [0.29, 0.717) is 30.9 Å². The third-order valence-electron chi connectivity index (χ3n) is 3.53. The molecule has 1 amide bonds. The Kier molecular flexibility index (Phi) is 8.10. The van der Waals surface area contributed by atoms with E-state index in [0.717, 1.165) is 11.3 Å². The van der Waals surface area contributed by atoms with Crippen LogP contribution in [0.1, 0.15) is 17.1 Å². The largest absolute Gasteiger partial charge is 0.497 e. The van der Waals surface area contributed by atoms with Gasteiger partial charge >= 0.3 is 0 Å². The molecule has 25 heavy (non-hydrogen) atoms. The number of aromatic nitrogens is 2. The summed E-state index contributed by atoms with van der Waals surface area (Å²) in [7, 11) is 1.60. The Hall–Kier alpha value is -2.38. The Morgan fingerprint density at radius 1 is 1.36 bits per heavy atom. The number of benzene rings is 1. The molecule has 2 rings (SSSR count). The Morgan fingerprint density at radius 3 is 2.64 bits per heavy atom. The van der Waals surface area contributed by atoms with Gasteiger partial charge in [0.1, 0.15) is 11.6 Å². The van der Waals surface area contributed by atoms with Crippen LogP contribution in [0, 0.1) is 6.92 Å². The first-order chi connectivity index (χ1) is 11.5. The van der Waals surface area contributed by atoms with Crippen molar-refractivity contribution >= 4 is 18.3 Å². The van der Waals surface area contributed by atoms with Crippen molar-refractivity contribution in [1.29, 1.82) is 0 Å². The lowest BCUT2D eigenvalue weighted by Gasteiger charge is -2.12. The minimum absolute atomic E-state index is 0. The van der Waals surface area contributed by atoms with Gasteiger partial charge in [-0.2, -0.15) is 0 Å². The quantitative estimate of drug-likeness (QED) is 0.669. The van der Waals surface area contributed by atoms with Gasteiger partial charge in [0, 0.05) is 24.7 Å². The predicted molar refractivity (Wildman–Crippen MR) is 98.2 cm³/mol. The molecule has 1 aromatic carbocycles. The second kappa shape index (κ2) is 9.80. The molecule has 4 N–H and O–H groups in total. The number of carbonyl (C=O) groups excluding carboxylic acids is 1. The normalized spacial score (nSPS) is 11.3. The van der Waals surface area contributed by atoms with E-state index in [2.05, 4.69) is 15.3 Å². The number of rotatable bonds is 7. The number of methoxy groups -OCH3 is 1. The molecule has 0 saturated carbocycles. The standard InChI is InChI=1S/C17H22N4O3.ClH/c1-11-9-16(22)21-15(20-11)7-8-19-17(23)14(18)10-12-3-5-13(24-2)6-4-12;/h3-6,9,14H,7-8,10,18H2,1-2H3,(H,19,23)(H,20,21,22);1H/t14-;/m0./s1. The molecule has 2 aromatic rings. The van der Waals surface area contributed by atoms with Crippen LogP contribution in [-0.4, -0.2) is 35.6 Å². The molecule has 0 spiro atoms. The van der Waals surface area contributed by atoms with Crippen LogP contribution in [0.4, 0.5) is 0 Å². The first-order valence-corrected chi connectivity index (χ1v) is 7.71.